The number of Topliss-reactive ketones (excluding diaryl/α,β-unsaturated/α-hetero) is 1. The van der Waals surface area contributed by atoms with E-state index in [0.29, 0.717) is 10.9 Å². The molecule has 0 bridgehead atoms. The smallest absolute Gasteiger partial charge is 0.214 e. The average molecular weight is 384 g/mol. The molecule has 0 saturated carbocycles. The van der Waals surface area contributed by atoms with E-state index >= 15 is 0 Å². The minimum absolute atomic E-state index is 0.102. The van der Waals surface area contributed by atoms with E-state index in [0.717, 1.165) is 41.2 Å². The molecule has 0 fully saturated rings. The third kappa shape index (κ3) is 3.98. The van der Waals surface area contributed by atoms with Crippen LogP contribution in [-0.4, -0.2) is 36.3 Å². The van der Waals surface area contributed by atoms with Crippen LogP contribution in [0.25, 0.3) is 5.69 Å². The zero-order chi connectivity index (χ0) is 19.6. The second-order valence-electron chi connectivity index (χ2n) is 6.81. The Bertz CT molecular complexity index is 973. The summed E-state index contributed by atoms with van der Waals surface area (Å²) in [6, 6.07) is 8.12. The highest BCUT2D eigenvalue weighted by Gasteiger charge is 2.18. The first kappa shape index (κ1) is 19.4. The summed E-state index contributed by atoms with van der Waals surface area (Å²) in [5.74, 6) is 0.410. The van der Waals surface area contributed by atoms with Crippen molar-refractivity contribution < 1.29 is 4.79 Å². The molecule has 0 saturated heterocycles. The number of ketones is 1. The van der Waals surface area contributed by atoms with Gasteiger partial charge in [0.05, 0.1) is 11.4 Å². The lowest BCUT2D eigenvalue weighted by Gasteiger charge is -2.09. The van der Waals surface area contributed by atoms with E-state index in [1.807, 2.05) is 39.0 Å². The number of carbonyl (C=O) groups excluding carboxylic acids is 1. The first-order valence-electron chi connectivity index (χ1n) is 9.11. The van der Waals surface area contributed by atoms with Crippen LogP contribution in [0.2, 0.25) is 0 Å². The Morgan fingerprint density at radius 3 is 2.63 bits per heavy atom. The van der Waals surface area contributed by atoms with Crippen LogP contribution >= 0.6 is 11.8 Å². The number of benzene rings is 1. The summed E-state index contributed by atoms with van der Waals surface area (Å²) in [5.41, 5.74) is 6.17. The summed E-state index contributed by atoms with van der Waals surface area (Å²) >= 11 is 1.37. The Morgan fingerprint density at radius 1 is 1.15 bits per heavy atom. The van der Waals surface area contributed by atoms with Gasteiger partial charge in [-0.3, -0.25) is 4.79 Å². The molecule has 6 nitrogen and oxygen atoms in total. The fraction of sp³-hybridized carbons (Fsp3) is 0.400. The average Bonchev–Trinajstić information content (AvgIpc) is 3.19. The molecule has 2 aromatic heterocycles. The quantitative estimate of drug-likeness (QED) is 0.454. The van der Waals surface area contributed by atoms with Gasteiger partial charge >= 0.3 is 0 Å². The highest BCUT2D eigenvalue weighted by Crippen LogP contribution is 2.24. The van der Waals surface area contributed by atoms with Gasteiger partial charge in [-0.05, 0) is 62.2 Å². The molecule has 0 amide bonds. The number of thioether (sulfide) groups is 1. The fourth-order valence-electron chi connectivity index (χ4n) is 3.32. The summed E-state index contributed by atoms with van der Waals surface area (Å²) in [6.07, 6.45) is 1.05. The number of carbonyl (C=O) groups is 1. The van der Waals surface area contributed by atoms with Gasteiger partial charge in [0, 0.05) is 23.5 Å². The molecule has 3 rings (SSSR count). The van der Waals surface area contributed by atoms with Gasteiger partial charge in [0.25, 0.3) is 0 Å². The second kappa shape index (κ2) is 8.08. The molecule has 142 valence electrons. The Morgan fingerprint density at radius 2 is 1.93 bits per heavy atom. The number of tetrazole rings is 1. The molecule has 0 atom stereocenters. The summed E-state index contributed by atoms with van der Waals surface area (Å²) < 4.78 is 3.91. The van der Waals surface area contributed by atoms with E-state index < -0.39 is 0 Å². The van der Waals surface area contributed by atoms with Crippen molar-refractivity contribution in [2.24, 2.45) is 0 Å². The van der Waals surface area contributed by atoms with E-state index in [1.165, 1.54) is 17.3 Å². The van der Waals surface area contributed by atoms with Crippen LogP contribution < -0.4 is 0 Å². The van der Waals surface area contributed by atoms with Gasteiger partial charge in [0.2, 0.25) is 5.16 Å². The Hall–Kier alpha value is -2.41. The van der Waals surface area contributed by atoms with E-state index in [-0.39, 0.29) is 5.78 Å². The summed E-state index contributed by atoms with van der Waals surface area (Å²) in [7, 11) is 0. The molecular formula is C20H25N5OS. The SMILES string of the molecule is CCCn1c(C)cc(C(=O)CSc2nnnn2-c2ccc(C)cc2C)c1C. The number of aromatic nitrogens is 5. The maximum Gasteiger partial charge on any atom is 0.214 e. The van der Waals surface area contributed by atoms with Gasteiger partial charge in [-0.15, -0.1) is 5.10 Å². The van der Waals surface area contributed by atoms with E-state index in [2.05, 4.69) is 40.0 Å². The third-order valence-corrected chi connectivity index (χ3v) is 5.59. The van der Waals surface area contributed by atoms with Crippen molar-refractivity contribution in [2.45, 2.75) is 52.7 Å². The molecule has 0 aliphatic heterocycles. The topological polar surface area (TPSA) is 65.6 Å². The van der Waals surface area contributed by atoms with Crippen LogP contribution in [0.15, 0.2) is 29.4 Å². The van der Waals surface area contributed by atoms with Gasteiger partial charge in [-0.1, -0.05) is 36.4 Å². The zero-order valence-electron chi connectivity index (χ0n) is 16.5. The van der Waals surface area contributed by atoms with E-state index in [9.17, 15) is 4.79 Å². The molecule has 0 unspecified atom stereocenters. The number of rotatable bonds is 7. The van der Waals surface area contributed by atoms with Gasteiger partial charge in [0.1, 0.15) is 0 Å². The molecule has 27 heavy (non-hydrogen) atoms. The standard InChI is InChI=1S/C20H25N5OS/c1-6-9-24-15(4)11-17(16(24)5)19(26)12-27-20-21-22-23-25(20)18-8-7-13(2)10-14(18)3/h7-8,10-11H,6,9,12H2,1-5H3. The van der Waals surface area contributed by atoms with Crippen LogP contribution in [0.1, 0.15) is 46.2 Å². The molecular weight excluding hydrogens is 358 g/mol. The number of nitrogens with zero attached hydrogens (tertiary/aromatic N) is 5. The molecule has 0 N–H and O–H groups in total. The summed E-state index contributed by atoms with van der Waals surface area (Å²) in [4.78, 5) is 12.8. The summed E-state index contributed by atoms with van der Waals surface area (Å²) in [6.45, 7) is 11.2. The minimum Gasteiger partial charge on any atom is -0.348 e. The highest BCUT2D eigenvalue weighted by molar-refractivity contribution is 7.99. The predicted octanol–water partition coefficient (Wildman–Crippen LogP) is 4.08. The normalized spacial score (nSPS) is 11.1. The molecule has 0 radical (unpaired) electrons. The predicted molar refractivity (Wildman–Crippen MR) is 108 cm³/mol. The van der Waals surface area contributed by atoms with Crippen molar-refractivity contribution in [3.8, 4) is 5.69 Å². The van der Waals surface area contributed by atoms with Crippen molar-refractivity contribution in [3.63, 3.8) is 0 Å². The highest BCUT2D eigenvalue weighted by atomic mass is 32.2. The molecule has 0 aliphatic rings. The largest absolute Gasteiger partial charge is 0.348 e. The first-order chi connectivity index (χ1) is 12.9. The lowest BCUT2D eigenvalue weighted by molar-refractivity contribution is 0.102. The maximum atomic E-state index is 12.8. The fourth-order valence-corrected chi connectivity index (χ4v) is 4.09. The Kier molecular flexibility index (Phi) is 5.79. The van der Waals surface area contributed by atoms with Gasteiger partial charge in [0.15, 0.2) is 5.78 Å². The van der Waals surface area contributed by atoms with Crippen LogP contribution in [-0.2, 0) is 6.54 Å². The van der Waals surface area contributed by atoms with Crippen LogP contribution in [0, 0.1) is 27.7 Å². The van der Waals surface area contributed by atoms with Crippen molar-refractivity contribution in [3.05, 3.63) is 52.3 Å². The minimum atomic E-state index is 0.102. The Balaban J connectivity index is 1.78. The van der Waals surface area contributed by atoms with E-state index in [4.69, 9.17) is 0 Å². The van der Waals surface area contributed by atoms with Gasteiger partial charge in [-0.2, -0.15) is 4.68 Å². The second-order valence-corrected chi connectivity index (χ2v) is 7.75. The molecule has 0 spiro atoms. The number of hydrogen-bond donors (Lipinski definition) is 0. The van der Waals surface area contributed by atoms with Crippen molar-refractivity contribution in [1.29, 1.82) is 0 Å². The molecule has 3 aromatic rings. The Labute approximate surface area is 164 Å². The summed E-state index contributed by atoms with van der Waals surface area (Å²) in [5, 5.41) is 12.6. The monoisotopic (exact) mass is 383 g/mol. The zero-order valence-corrected chi connectivity index (χ0v) is 17.3. The van der Waals surface area contributed by atoms with Gasteiger partial charge < -0.3 is 4.57 Å². The van der Waals surface area contributed by atoms with Crippen LogP contribution in [0.5, 0.6) is 0 Å². The lowest BCUT2D eigenvalue weighted by atomic mass is 10.1. The maximum absolute atomic E-state index is 12.8. The van der Waals surface area contributed by atoms with Crippen molar-refractivity contribution in [1.82, 2.24) is 24.8 Å². The van der Waals surface area contributed by atoms with Gasteiger partial charge in [-0.25, -0.2) is 0 Å². The third-order valence-electron chi connectivity index (χ3n) is 4.68. The number of aryl methyl sites for hydroxylation is 3. The van der Waals surface area contributed by atoms with Crippen LogP contribution in [0.3, 0.4) is 0 Å². The lowest BCUT2D eigenvalue weighted by Crippen LogP contribution is -2.08. The van der Waals surface area contributed by atoms with Crippen molar-refractivity contribution >= 4 is 17.5 Å². The van der Waals surface area contributed by atoms with Crippen molar-refractivity contribution in [2.75, 3.05) is 5.75 Å². The molecule has 1 aromatic carbocycles. The number of hydrogen-bond acceptors (Lipinski definition) is 5. The van der Waals surface area contributed by atoms with E-state index in [1.54, 1.807) is 4.68 Å². The molecule has 7 heteroatoms. The first-order valence-corrected chi connectivity index (χ1v) is 10.1. The molecule has 0 aliphatic carbocycles. The van der Waals surface area contributed by atoms with Crippen LogP contribution in [0.4, 0.5) is 0 Å². The molecule has 2 heterocycles.